The van der Waals surface area contributed by atoms with Gasteiger partial charge >= 0.3 is 0 Å². The van der Waals surface area contributed by atoms with Crippen LogP contribution < -0.4 is 5.32 Å². The van der Waals surface area contributed by atoms with Gasteiger partial charge in [0, 0.05) is 15.7 Å². The highest BCUT2D eigenvalue weighted by atomic mass is 35.5. The molecule has 9 heteroatoms. The number of hydrogen-bond acceptors (Lipinski definition) is 5. The number of ether oxygens (including phenoxy) is 1. The Morgan fingerprint density at radius 3 is 2.39 bits per heavy atom. The molecule has 1 aliphatic rings. The van der Waals surface area contributed by atoms with Crippen molar-refractivity contribution in [2.75, 3.05) is 12.4 Å². The van der Waals surface area contributed by atoms with Crippen LogP contribution in [0.15, 0.2) is 66.1 Å². The number of nitrogens with one attached hydrogen (secondary N) is 1. The lowest BCUT2D eigenvalue weighted by atomic mass is 9.92. The molecule has 1 N–H and O–H groups in total. The van der Waals surface area contributed by atoms with E-state index in [-0.39, 0.29) is 11.8 Å². The monoisotopic (exact) mass is 461 g/mol. The lowest BCUT2D eigenvalue weighted by molar-refractivity contribution is -0.145. The minimum Gasteiger partial charge on any atom is -0.423 e. The molecule has 31 heavy (non-hydrogen) atoms. The van der Waals surface area contributed by atoms with Gasteiger partial charge in [-0.05, 0) is 44.2 Å². The van der Waals surface area contributed by atoms with Crippen LogP contribution in [0.4, 0.5) is 5.69 Å². The van der Waals surface area contributed by atoms with Gasteiger partial charge in [0.25, 0.3) is 0 Å². The van der Waals surface area contributed by atoms with Gasteiger partial charge in [0.15, 0.2) is 5.88 Å². The first-order chi connectivity index (χ1) is 14.6. The zero-order valence-corrected chi connectivity index (χ0v) is 18.7. The Kier molecular flexibility index (Phi) is 6.57. The van der Waals surface area contributed by atoms with Gasteiger partial charge in [0.1, 0.15) is 18.6 Å². The standard InChI is InChI=1S/C22H21Cl2N3O4/c1-13-27(22(2,3)21(29)25-17-11-15(23)10-16(24)12-17)20(28)18(19(31-13)26-30-4)14-8-6-5-7-9-14/h5-12,18H,1H2,2-4H3,(H,25,29). The molecule has 0 spiro atoms. The fraction of sp³-hybridized carbons (Fsp3) is 0.227. The molecular weight excluding hydrogens is 441 g/mol. The van der Waals surface area contributed by atoms with Gasteiger partial charge in [-0.25, -0.2) is 0 Å². The minimum absolute atomic E-state index is 0.0396. The van der Waals surface area contributed by atoms with E-state index in [1.165, 1.54) is 12.0 Å². The molecule has 1 heterocycles. The van der Waals surface area contributed by atoms with Gasteiger partial charge < -0.3 is 14.9 Å². The third-order valence-corrected chi connectivity index (χ3v) is 5.17. The summed E-state index contributed by atoms with van der Waals surface area (Å²) in [6, 6.07) is 13.6. The first kappa shape index (κ1) is 22.7. The van der Waals surface area contributed by atoms with Crippen LogP contribution in [0.1, 0.15) is 25.3 Å². The number of oxime groups is 1. The summed E-state index contributed by atoms with van der Waals surface area (Å²) in [4.78, 5) is 32.8. The van der Waals surface area contributed by atoms with Crippen LogP contribution in [0.5, 0.6) is 0 Å². The molecule has 0 aromatic heterocycles. The predicted molar refractivity (Wildman–Crippen MR) is 120 cm³/mol. The molecule has 162 valence electrons. The molecule has 1 fully saturated rings. The van der Waals surface area contributed by atoms with Gasteiger partial charge in [-0.1, -0.05) is 58.7 Å². The van der Waals surface area contributed by atoms with E-state index in [1.54, 1.807) is 56.3 Å². The highest BCUT2D eigenvalue weighted by Crippen LogP contribution is 2.35. The molecule has 0 radical (unpaired) electrons. The average Bonchev–Trinajstić information content (AvgIpc) is 2.67. The number of anilines is 1. The van der Waals surface area contributed by atoms with E-state index in [9.17, 15) is 9.59 Å². The Labute approximate surface area is 190 Å². The van der Waals surface area contributed by atoms with E-state index in [0.717, 1.165) is 0 Å². The van der Waals surface area contributed by atoms with Crippen molar-refractivity contribution in [2.24, 2.45) is 5.16 Å². The molecule has 0 saturated carbocycles. The highest BCUT2D eigenvalue weighted by molar-refractivity contribution is 6.35. The Morgan fingerprint density at radius 1 is 1.19 bits per heavy atom. The Morgan fingerprint density at radius 2 is 1.81 bits per heavy atom. The number of hydrogen-bond donors (Lipinski definition) is 1. The van der Waals surface area contributed by atoms with Crippen LogP contribution >= 0.6 is 23.2 Å². The predicted octanol–water partition coefficient (Wildman–Crippen LogP) is 4.78. The molecule has 1 unspecified atom stereocenters. The van der Waals surface area contributed by atoms with E-state index in [1.807, 2.05) is 6.07 Å². The Balaban J connectivity index is 1.95. The van der Waals surface area contributed by atoms with Crippen molar-refractivity contribution in [1.82, 2.24) is 4.90 Å². The fourth-order valence-corrected chi connectivity index (χ4v) is 3.80. The summed E-state index contributed by atoms with van der Waals surface area (Å²) in [5.41, 5.74) is -0.333. The molecule has 0 bridgehead atoms. The van der Waals surface area contributed by atoms with E-state index >= 15 is 0 Å². The topological polar surface area (TPSA) is 80.2 Å². The number of nitrogens with zero attached hydrogens (tertiary/aromatic N) is 2. The number of halogens is 2. The smallest absolute Gasteiger partial charge is 0.250 e. The zero-order chi connectivity index (χ0) is 22.8. The maximum atomic E-state index is 13.6. The van der Waals surface area contributed by atoms with E-state index in [0.29, 0.717) is 21.3 Å². The van der Waals surface area contributed by atoms with Crippen molar-refractivity contribution in [1.29, 1.82) is 0 Å². The molecule has 0 aliphatic carbocycles. The Hall–Kier alpha value is -3.03. The van der Waals surface area contributed by atoms with Crippen LogP contribution in [0.25, 0.3) is 0 Å². The number of rotatable bonds is 5. The normalized spacial score (nSPS) is 18.0. The quantitative estimate of drug-likeness (QED) is 0.649. The molecular formula is C22H21Cl2N3O4. The number of carbonyl (C=O) groups is 2. The van der Waals surface area contributed by atoms with Crippen molar-refractivity contribution in [3.8, 4) is 0 Å². The van der Waals surface area contributed by atoms with Crippen LogP contribution in [0, 0.1) is 0 Å². The molecule has 2 amide bonds. The number of carbonyl (C=O) groups excluding carboxylic acids is 2. The molecule has 2 aromatic carbocycles. The van der Waals surface area contributed by atoms with Crippen molar-refractivity contribution in [3.63, 3.8) is 0 Å². The second kappa shape index (κ2) is 8.99. The SMILES string of the molecule is C=C1OC(=NOC)C(c2ccccc2)C(=O)N1C(C)(C)C(=O)Nc1cc(Cl)cc(Cl)c1. The summed E-state index contributed by atoms with van der Waals surface area (Å²) in [5.74, 6) is -1.82. The third-order valence-electron chi connectivity index (χ3n) is 4.74. The summed E-state index contributed by atoms with van der Waals surface area (Å²) in [6.07, 6.45) is 0. The van der Waals surface area contributed by atoms with Crippen LogP contribution in [0.2, 0.25) is 10.0 Å². The molecule has 1 aliphatic heterocycles. The summed E-state index contributed by atoms with van der Waals surface area (Å²) in [5, 5.41) is 7.32. The lowest BCUT2D eigenvalue weighted by Gasteiger charge is -2.42. The van der Waals surface area contributed by atoms with Crippen LogP contribution in [-0.2, 0) is 19.2 Å². The van der Waals surface area contributed by atoms with E-state index < -0.39 is 23.3 Å². The van der Waals surface area contributed by atoms with Crippen molar-refractivity contribution in [2.45, 2.75) is 25.3 Å². The van der Waals surface area contributed by atoms with Gasteiger partial charge in [-0.3, -0.25) is 14.5 Å². The lowest BCUT2D eigenvalue weighted by Crippen LogP contribution is -2.59. The van der Waals surface area contributed by atoms with Gasteiger partial charge in [-0.15, -0.1) is 0 Å². The van der Waals surface area contributed by atoms with Gasteiger partial charge in [0.2, 0.25) is 17.7 Å². The summed E-state index contributed by atoms with van der Waals surface area (Å²) >= 11 is 12.0. The summed E-state index contributed by atoms with van der Waals surface area (Å²) in [6.45, 7) is 6.98. The maximum Gasteiger partial charge on any atom is 0.250 e. The molecule has 3 rings (SSSR count). The highest BCUT2D eigenvalue weighted by Gasteiger charge is 2.48. The zero-order valence-electron chi connectivity index (χ0n) is 17.2. The third kappa shape index (κ3) is 4.68. The molecule has 7 nitrogen and oxygen atoms in total. The first-order valence-corrected chi connectivity index (χ1v) is 10.0. The maximum absolute atomic E-state index is 13.6. The number of benzene rings is 2. The van der Waals surface area contributed by atoms with Crippen molar-refractivity contribution >= 4 is 46.6 Å². The second-order valence-electron chi connectivity index (χ2n) is 7.30. The van der Waals surface area contributed by atoms with Gasteiger partial charge in [0.05, 0.1) is 0 Å². The minimum atomic E-state index is -1.37. The largest absolute Gasteiger partial charge is 0.423 e. The molecule has 1 atom stereocenters. The number of amides is 2. The molecule has 1 saturated heterocycles. The van der Waals surface area contributed by atoms with Crippen LogP contribution in [0.3, 0.4) is 0 Å². The fourth-order valence-electron chi connectivity index (χ4n) is 3.27. The summed E-state index contributed by atoms with van der Waals surface area (Å²) in [7, 11) is 1.35. The van der Waals surface area contributed by atoms with E-state index in [4.69, 9.17) is 32.8 Å². The second-order valence-corrected chi connectivity index (χ2v) is 8.17. The van der Waals surface area contributed by atoms with Gasteiger partial charge in [-0.2, -0.15) is 0 Å². The molecule has 2 aromatic rings. The van der Waals surface area contributed by atoms with Crippen LogP contribution in [-0.4, -0.2) is 35.3 Å². The summed E-state index contributed by atoms with van der Waals surface area (Å²) < 4.78 is 5.72. The first-order valence-electron chi connectivity index (χ1n) is 9.29. The van der Waals surface area contributed by atoms with E-state index in [2.05, 4.69) is 17.1 Å². The van der Waals surface area contributed by atoms with Crippen molar-refractivity contribution < 1.29 is 19.2 Å². The van der Waals surface area contributed by atoms with Crippen molar-refractivity contribution in [3.05, 3.63) is 76.6 Å². The average molecular weight is 462 g/mol. The Bertz CT molecular complexity index is 1030.